The van der Waals surface area contributed by atoms with E-state index in [1.165, 1.54) is 10.4 Å². The summed E-state index contributed by atoms with van der Waals surface area (Å²) in [5, 5.41) is 5.12. The molecule has 0 aromatic heterocycles. The van der Waals surface area contributed by atoms with E-state index in [0.717, 1.165) is 15.7 Å². The first kappa shape index (κ1) is 25.2. The van der Waals surface area contributed by atoms with Crippen LogP contribution in [-0.2, 0) is 11.0 Å². The van der Waals surface area contributed by atoms with Crippen molar-refractivity contribution in [1.29, 1.82) is 0 Å². The normalized spacial score (nSPS) is 11.8. The highest BCUT2D eigenvalue weighted by Gasteiger charge is 2.50. The molecule has 6 heteroatoms. The summed E-state index contributed by atoms with van der Waals surface area (Å²) in [7, 11) is 2.89. The molecule has 0 bridgehead atoms. The molecule has 3 rings (SSSR count). The van der Waals surface area contributed by atoms with E-state index in [1.807, 2.05) is 43.3 Å². The van der Waals surface area contributed by atoms with Gasteiger partial charge < -0.3 is 14.6 Å². The highest BCUT2D eigenvalue weighted by molar-refractivity contribution is 9.10. The Kier molecular flexibility index (Phi) is 7.83. The summed E-state index contributed by atoms with van der Waals surface area (Å²) >= 11 is 3.70. The van der Waals surface area contributed by atoms with Crippen LogP contribution in [0.4, 0.5) is 5.69 Å². The molecule has 33 heavy (non-hydrogen) atoms. The molecule has 1 N–H and O–H groups in total. The Morgan fingerprint density at radius 2 is 1.48 bits per heavy atom. The molecule has 0 saturated heterocycles. The smallest absolute Gasteiger partial charge is 0.261 e. The molecule has 0 aliphatic heterocycles. The van der Waals surface area contributed by atoms with Gasteiger partial charge in [-0.05, 0) is 33.1 Å². The standard InChI is InChI=1S/C27H33BrN2O2Si/c1-27(2,3)33(21-13-9-7-10-14-21,22-15-11-8-12-16-22)32-19-20-17-25(30(5)6)23(18-24(20)28)26(31)29-4/h7-18H,19H2,1-6H3,(H,29,31). The second-order valence-corrected chi connectivity index (χ2v) is 14.5. The topological polar surface area (TPSA) is 41.6 Å². The van der Waals surface area contributed by atoms with Gasteiger partial charge in [0, 0.05) is 31.3 Å². The molecule has 3 aromatic carbocycles. The molecule has 0 aliphatic rings. The van der Waals surface area contributed by atoms with E-state index in [9.17, 15) is 4.79 Å². The van der Waals surface area contributed by atoms with E-state index in [0.29, 0.717) is 12.2 Å². The Morgan fingerprint density at radius 3 is 1.91 bits per heavy atom. The van der Waals surface area contributed by atoms with Crippen molar-refractivity contribution < 1.29 is 9.22 Å². The van der Waals surface area contributed by atoms with Crippen molar-refractivity contribution in [3.05, 3.63) is 88.4 Å². The first-order chi connectivity index (χ1) is 15.6. The molecule has 0 aliphatic carbocycles. The minimum Gasteiger partial charge on any atom is -0.403 e. The Morgan fingerprint density at radius 1 is 0.970 bits per heavy atom. The fourth-order valence-electron chi connectivity index (χ4n) is 4.35. The van der Waals surface area contributed by atoms with Gasteiger partial charge in [0.25, 0.3) is 14.2 Å². The van der Waals surface area contributed by atoms with Crippen LogP contribution in [0.3, 0.4) is 0 Å². The Hall–Kier alpha value is -2.41. The summed E-state index contributed by atoms with van der Waals surface area (Å²) in [6.45, 7) is 7.25. The van der Waals surface area contributed by atoms with Crippen molar-refractivity contribution in [2.45, 2.75) is 32.4 Å². The highest BCUT2D eigenvalue weighted by Crippen LogP contribution is 2.38. The molecule has 4 nitrogen and oxygen atoms in total. The average molecular weight is 526 g/mol. The van der Waals surface area contributed by atoms with Crippen LogP contribution in [0.5, 0.6) is 0 Å². The zero-order chi connectivity index (χ0) is 24.2. The molecular weight excluding hydrogens is 492 g/mol. The summed E-state index contributed by atoms with van der Waals surface area (Å²) in [4.78, 5) is 14.4. The lowest BCUT2D eigenvalue weighted by Gasteiger charge is -2.43. The number of anilines is 1. The van der Waals surface area contributed by atoms with Crippen LogP contribution in [0.25, 0.3) is 0 Å². The molecule has 174 valence electrons. The van der Waals surface area contributed by atoms with Crippen LogP contribution < -0.4 is 20.6 Å². The first-order valence-corrected chi connectivity index (χ1v) is 13.8. The van der Waals surface area contributed by atoms with E-state index in [1.54, 1.807) is 7.05 Å². The van der Waals surface area contributed by atoms with Gasteiger partial charge in [-0.3, -0.25) is 4.79 Å². The van der Waals surface area contributed by atoms with Gasteiger partial charge in [0.15, 0.2) is 0 Å². The lowest BCUT2D eigenvalue weighted by atomic mass is 10.1. The third kappa shape index (κ3) is 5.08. The van der Waals surface area contributed by atoms with Crippen LogP contribution in [-0.4, -0.2) is 35.4 Å². The zero-order valence-electron chi connectivity index (χ0n) is 20.3. The van der Waals surface area contributed by atoms with Gasteiger partial charge in [0.05, 0.1) is 12.2 Å². The lowest BCUT2D eigenvalue weighted by Crippen LogP contribution is -2.66. The fourth-order valence-corrected chi connectivity index (χ4v) is 9.34. The SMILES string of the molecule is CNC(=O)c1cc(Br)c(CO[Si](c2ccccc2)(c2ccccc2)C(C)(C)C)cc1N(C)C. The summed E-state index contributed by atoms with van der Waals surface area (Å²) < 4.78 is 7.95. The van der Waals surface area contributed by atoms with Crippen molar-refractivity contribution >= 4 is 46.2 Å². The zero-order valence-corrected chi connectivity index (χ0v) is 22.9. The Bertz CT molecular complexity index is 1060. The van der Waals surface area contributed by atoms with Crippen LogP contribution in [0.2, 0.25) is 5.04 Å². The molecule has 0 fully saturated rings. The van der Waals surface area contributed by atoms with Gasteiger partial charge in [-0.2, -0.15) is 0 Å². The molecular formula is C27H33BrN2O2Si. The molecule has 3 aromatic rings. The molecule has 1 amide bonds. The van der Waals surface area contributed by atoms with Gasteiger partial charge in [0.2, 0.25) is 0 Å². The fraction of sp³-hybridized carbons (Fsp3) is 0.296. The van der Waals surface area contributed by atoms with E-state index >= 15 is 0 Å². The Labute approximate surface area is 207 Å². The second kappa shape index (κ2) is 10.2. The van der Waals surface area contributed by atoms with E-state index in [-0.39, 0.29) is 10.9 Å². The molecule has 0 spiro atoms. The molecule has 0 saturated carbocycles. The number of halogens is 1. The number of carbonyl (C=O) groups is 1. The number of carbonyl (C=O) groups excluding carboxylic acids is 1. The van der Waals surface area contributed by atoms with Gasteiger partial charge in [0.1, 0.15) is 0 Å². The van der Waals surface area contributed by atoms with Crippen molar-refractivity contribution in [2.24, 2.45) is 0 Å². The van der Waals surface area contributed by atoms with Crippen LogP contribution in [0.15, 0.2) is 77.3 Å². The van der Waals surface area contributed by atoms with E-state index < -0.39 is 8.32 Å². The summed E-state index contributed by atoms with van der Waals surface area (Å²) in [5.41, 5.74) is 2.50. The molecule has 0 unspecified atom stereocenters. The summed E-state index contributed by atoms with van der Waals surface area (Å²) in [6.07, 6.45) is 0. The molecule has 0 heterocycles. The maximum atomic E-state index is 12.4. The van der Waals surface area contributed by atoms with Crippen molar-refractivity contribution in [1.82, 2.24) is 5.32 Å². The van der Waals surface area contributed by atoms with Crippen molar-refractivity contribution in [3.8, 4) is 0 Å². The van der Waals surface area contributed by atoms with Gasteiger partial charge in [-0.15, -0.1) is 0 Å². The summed E-state index contributed by atoms with van der Waals surface area (Å²) in [5.74, 6) is -0.112. The number of rotatable bonds is 7. The number of hydrogen-bond donors (Lipinski definition) is 1. The maximum absolute atomic E-state index is 12.4. The highest BCUT2D eigenvalue weighted by atomic mass is 79.9. The number of amides is 1. The predicted molar refractivity (Wildman–Crippen MR) is 144 cm³/mol. The largest absolute Gasteiger partial charge is 0.403 e. The minimum absolute atomic E-state index is 0.103. The molecule has 0 radical (unpaired) electrons. The number of hydrogen-bond acceptors (Lipinski definition) is 3. The van der Waals surface area contributed by atoms with E-state index in [4.69, 9.17) is 4.43 Å². The monoisotopic (exact) mass is 524 g/mol. The third-order valence-electron chi connectivity index (χ3n) is 5.98. The molecule has 0 atom stereocenters. The van der Waals surface area contributed by atoms with Crippen LogP contribution in [0.1, 0.15) is 36.7 Å². The van der Waals surface area contributed by atoms with Gasteiger partial charge >= 0.3 is 0 Å². The number of benzene rings is 3. The van der Waals surface area contributed by atoms with Crippen molar-refractivity contribution in [2.75, 3.05) is 26.0 Å². The first-order valence-electron chi connectivity index (χ1n) is 11.1. The minimum atomic E-state index is -2.66. The van der Waals surface area contributed by atoms with Crippen molar-refractivity contribution in [3.63, 3.8) is 0 Å². The summed E-state index contributed by atoms with van der Waals surface area (Å²) in [6, 6.07) is 25.2. The van der Waals surface area contributed by atoms with Gasteiger partial charge in [-0.25, -0.2) is 0 Å². The van der Waals surface area contributed by atoms with Crippen LogP contribution in [0, 0.1) is 0 Å². The maximum Gasteiger partial charge on any atom is 0.261 e. The quantitative estimate of drug-likeness (QED) is 0.444. The Balaban J connectivity index is 2.13. The van der Waals surface area contributed by atoms with E-state index in [2.05, 4.69) is 90.5 Å². The number of nitrogens with zero attached hydrogens (tertiary/aromatic N) is 1. The lowest BCUT2D eigenvalue weighted by molar-refractivity contribution is 0.0963. The van der Waals surface area contributed by atoms with Crippen LogP contribution >= 0.6 is 15.9 Å². The second-order valence-electron chi connectivity index (χ2n) is 9.39. The third-order valence-corrected chi connectivity index (χ3v) is 11.7. The predicted octanol–water partition coefficient (Wildman–Crippen LogP) is 4.95. The average Bonchev–Trinajstić information content (AvgIpc) is 2.80. The van der Waals surface area contributed by atoms with Gasteiger partial charge in [-0.1, -0.05) is 97.4 Å². The number of nitrogens with one attached hydrogen (secondary N) is 1.